The summed E-state index contributed by atoms with van der Waals surface area (Å²) in [6.07, 6.45) is 5.09. The van der Waals surface area contributed by atoms with Crippen molar-refractivity contribution < 1.29 is 9.47 Å². The molecule has 3 atom stereocenters. The molecule has 0 amide bonds. The second-order valence-corrected chi connectivity index (χ2v) is 4.78. The Bertz CT molecular complexity index is 169. The van der Waals surface area contributed by atoms with E-state index in [2.05, 4.69) is 26.1 Å². The SMILES string of the molecule is CCCC(CC)NC(C)COC1CCOC1. The van der Waals surface area contributed by atoms with Gasteiger partial charge in [0.15, 0.2) is 0 Å². The fourth-order valence-electron chi connectivity index (χ4n) is 2.13. The molecule has 3 heteroatoms. The molecule has 0 saturated carbocycles. The summed E-state index contributed by atoms with van der Waals surface area (Å²) in [7, 11) is 0. The van der Waals surface area contributed by atoms with Gasteiger partial charge >= 0.3 is 0 Å². The number of hydrogen-bond acceptors (Lipinski definition) is 3. The maximum atomic E-state index is 5.80. The van der Waals surface area contributed by atoms with Crippen molar-refractivity contribution in [2.75, 3.05) is 19.8 Å². The molecule has 0 aromatic carbocycles. The van der Waals surface area contributed by atoms with Crippen LogP contribution in [0, 0.1) is 0 Å². The third kappa shape index (κ3) is 5.28. The van der Waals surface area contributed by atoms with Crippen molar-refractivity contribution in [3.05, 3.63) is 0 Å². The average Bonchev–Trinajstić information content (AvgIpc) is 2.78. The molecule has 1 aliphatic heterocycles. The highest BCUT2D eigenvalue weighted by Gasteiger charge is 2.17. The normalized spacial score (nSPS) is 24.6. The predicted octanol–water partition coefficient (Wildman–Crippen LogP) is 2.35. The van der Waals surface area contributed by atoms with Crippen molar-refractivity contribution in [1.82, 2.24) is 5.32 Å². The molecule has 3 unspecified atom stereocenters. The number of rotatable bonds is 8. The van der Waals surface area contributed by atoms with Crippen molar-refractivity contribution in [2.45, 2.75) is 64.6 Å². The minimum atomic E-state index is 0.329. The van der Waals surface area contributed by atoms with E-state index in [9.17, 15) is 0 Å². The molecule has 3 nitrogen and oxygen atoms in total. The first-order valence-corrected chi connectivity index (χ1v) is 6.71. The van der Waals surface area contributed by atoms with Crippen LogP contribution >= 0.6 is 0 Å². The Balaban J connectivity index is 2.10. The van der Waals surface area contributed by atoms with Gasteiger partial charge in [-0.1, -0.05) is 20.3 Å². The standard InChI is InChI=1S/C13H27NO2/c1-4-6-12(5-2)14-11(3)9-16-13-7-8-15-10-13/h11-14H,4-10H2,1-3H3. The molecule has 1 aliphatic rings. The van der Waals surface area contributed by atoms with Crippen LogP contribution in [-0.4, -0.2) is 38.0 Å². The molecule has 1 saturated heterocycles. The zero-order valence-corrected chi connectivity index (χ0v) is 11.0. The van der Waals surface area contributed by atoms with E-state index in [1.54, 1.807) is 0 Å². The van der Waals surface area contributed by atoms with Gasteiger partial charge < -0.3 is 14.8 Å². The lowest BCUT2D eigenvalue weighted by Gasteiger charge is -2.23. The molecule has 0 bridgehead atoms. The van der Waals surface area contributed by atoms with Gasteiger partial charge in [-0.25, -0.2) is 0 Å². The van der Waals surface area contributed by atoms with E-state index in [1.165, 1.54) is 19.3 Å². The maximum Gasteiger partial charge on any atom is 0.0831 e. The molecule has 16 heavy (non-hydrogen) atoms. The molecule has 96 valence electrons. The van der Waals surface area contributed by atoms with Crippen LogP contribution in [0.25, 0.3) is 0 Å². The molecular formula is C13H27NO2. The van der Waals surface area contributed by atoms with Gasteiger partial charge in [-0.15, -0.1) is 0 Å². The lowest BCUT2D eigenvalue weighted by atomic mass is 10.1. The monoisotopic (exact) mass is 229 g/mol. The Morgan fingerprint density at radius 2 is 2.25 bits per heavy atom. The summed E-state index contributed by atoms with van der Waals surface area (Å²) in [6.45, 7) is 9.12. The zero-order chi connectivity index (χ0) is 11.8. The lowest BCUT2D eigenvalue weighted by Crippen LogP contribution is -2.39. The Hall–Kier alpha value is -0.120. The summed E-state index contributed by atoms with van der Waals surface area (Å²) in [5, 5.41) is 3.63. The molecule has 0 aliphatic carbocycles. The van der Waals surface area contributed by atoms with Crippen LogP contribution in [-0.2, 0) is 9.47 Å². The maximum absolute atomic E-state index is 5.80. The van der Waals surface area contributed by atoms with Crippen molar-refractivity contribution in [2.24, 2.45) is 0 Å². The molecule has 0 aromatic heterocycles. The van der Waals surface area contributed by atoms with Crippen LogP contribution in [0.3, 0.4) is 0 Å². The molecule has 1 fully saturated rings. The minimum Gasteiger partial charge on any atom is -0.379 e. The third-order valence-corrected chi connectivity index (χ3v) is 3.12. The van der Waals surface area contributed by atoms with Gasteiger partial charge in [0.25, 0.3) is 0 Å². The van der Waals surface area contributed by atoms with E-state index in [0.717, 1.165) is 26.2 Å². The fraction of sp³-hybridized carbons (Fsp3) is 1.00. The van der Waals surface area contributed by atoms with Gasteiger partial charge in [0.1, 0.15) is 0 Å². The van der Waals surface area contributed by atoms with Crippen molar-refractivity contribution in [1.29, 1.82) is 0 Å². The summed E-state index contributed by atoms with van der Waals surface area (Å²) in [5.41, 5.74) is 0. The lowest BCUT2D eigenvalue weighted by molar-refractivity contribution is 0.0306. The molecule has 1 rings (SSSR count). The van der Waals surface area contributed by atoms with E-state index in [1.807, 2.05) is 0 Å². The quantitative estimate of drug-likeness (QED) is 0.693. The largest absolute Gasteiger partial charge is 0.379 e. The number of ether oxygens (including phenoxy) is 2. The second kappa shape index (κ2) is 8.04. The highest BCUT2D eigenvalue weighted by molar-refractivity contribution is 4.71. The topological polar surface area (TPSA) is 30.5 Å². The highest BCUT2D eigenvalue weighted by Crippen LogP contribution is 2.09. The number of hydrogen-bond donors (Lipinski definition) is 1. The first-order valence-electron chi connectivity index (χ1n) is 6.71. The van der Waals surface area contributed by atoms with Crippen LogP contribution in [0.15, 0.2) is 0 Å². The van der Waals surface area contributed by atoms with Crippen LogP contribution in [0.1, 0.15) is 46.5 Å². The molecule has 1 N–H and O–H groups in total. The molecule has 0 aromatic rings. The summed E-state index contributed by atoms with van der Waals surface area (Å²) in [5.74, 6) is 0. The minimum absolute atomic E-state index is 0.329. The van der Waals surface area contributed by atoms with Crippen molar-refractivity contribution >= 4 is 0 Å². The summed E-state index contributed by atoms with van der Waals surface area (Å²) in [6, 6.07) is 1.08. The van der Waals surface area contributed by atoms with Gasteiger partial charge in [0, 0.05) is 18.7 Å². The van der Waals surface area contributed by atoms with Gasteiger partial charge in [0.2, 0.25) is 0 Å². The predicted molar refractivity (Wildman–Crippen MR) is 66.8 cm³/mol. The van der Waals surface area contributed by atoms with E-state index in [0.29, 0.717) is 18.2 Å². The first-order chi connectivity index (χ1) is 7.76. The Labute approximate surface area is 99.9 Å². The van der Waals surface area contributed by atoms with Crippen LogP contribution in [0.5, 0.6) is 0 Å². The van der Waals surface area contributed by atoms with Gasteiger partial charge in [-0.05, 0) is 26.2 Å². The van der Waals surface area contributed by atoms with Crippen LogP contribution < -0.4 is 5.32 Å². The van der Waals surface area contributed by atoms with Gasteiger partial charge in [-0.2, -0.15) is 0 Å². The van der Waals surface area contributed by atoms with Crippen LogP contribution in [0.2, 0.25) is 0 Å². The Morgan fingerprint density at radius 3 is 2.81 bits per heavy atom. The summed E-state index contributed by atoms with van der Waals surface area (Å²) < 4.78 is 11.1. The molecule has 1 heterocycles. The Morgan fingerprint density at radius 1 is 1.44 bits per heavy atom. The number of nitrogens with one attached hydrogen (secondary N) is 1. The van der Waals surface area contributed by atoms with E-state index in [-0.39, 0.29) is 0 Å². The van der Waals surface area contributed by atoms with Crippen LogP contribution in [0.4, 0.5) is 0 Å². The van der Waals surface area contributed by atoms with Crippen molar-refractivity contribution in [3.8, 4) is 0 Å². The average molecular weight is 229 g/mol. The smallest absolute Gasteiger partial charge is 0.0831 e. The van der Waals surface area contributed by atoms with Gasteiger partial charge in [-0.3, -0.25) is 0 Å². The third-order valence-electron chi connectivity index (χ3n) is 3.12. The Kier molecular flexibility index (Phi) is 7.01. The molecule has 0 radical (unpaired) electrons. The molecule has 0 spiro atoms. The second-order valence-electron chi connectivity index (χ2n) is 4.78. The van der Waals surface area contributed by atoms with E-state index >= 15 is 0 Å². The summed E-state index contributed by atoms with van der Waals surface area (Å²) in [4.78, 5) is 0. The first kappa shape index (κ1) is 13.9. The summed E-state index contributed by atoms with van der Waals surface area (Å²) >= 11 is 0. The van der Waals surface area contributed by atoms with Gasteiger partial charge in [0.05, 0.1) is 19.3 Å². The van der Waals surface area contributed by atoms with Crippen molar-refractivity contribution in [3.63, 3.8) is 0 Å². The van der Waals surface area contributed by atoms with E-state index in [4.69, 9.17) is 9.47 Å². The highest BCUT2D eigenvalue weighted by atomic mass is 16.5. The fourth-order valence-corrected chi connectivity index (χ4v) is 2.13. The molecular weight excluding hydrogens is 202 g/mol. The zero-order valence-electron chi connectivity index (χ0n) is 11.0. The van der Waals surface area contributed by atoms with E-state index < -0.39 is 0 Å².